The van der Waals surface area contributed by atoms with Gasteiger partial charge in [-0.1, -0.05) is 30.3 Å². The fourth-order valence-electron chi connectivity index (χ4n) is 3.84. The Morgan fingerprint density at radius 1 is 1.32 bits per heavy atom. The normalized spacial score (nSPS) is 16.8. The van der Waals surface area contributed by atoms with Gasteiger partial charge in [0.1, 0.15) is 18.1 Å². The Hall–Kier alpha value is -3.63. The molecule has 1 saturated heterocycles. The minimum absolute atomic E-state index is 0.0491. The molecule has 0 spiro atoms. The number of ether oxygens (including phenoxy) is 1. The van der Waals surface area contributed by atoms with Gasteiger partial charge in [0.25, 0.3) is 0 Å². The van der Waals surface area contributed by atoms with Crippen LogP contribution in [0.25, 0.3) is 0 Å². The largest absolute Gasteiger partial charge is 0.467 e. The Morgan fingerprint density at radius 2 is 2.03 bits per heavy atom. The van der Waals surface area contributed by atoms with Crippen LogP contribution >= 0.6 is 0 Å². The first kappa shape index (κ1) is 26.6. The van der Waals surface area contributed by atoms with Gasteiger partial charge in [-0.25, -0.2) is 4.79 Å². The first-order valence-corrected chi connectivity index (χ1v) is 11.3. The highest BCUT2D eigenvalue weighted by Crippen LogP contribution is 2.20. The zero-order chi connectivity index (χ0) is 25.1. The number of nitrogens with one attached hydrogen (secondary N) is 2. The zero-order valence-electron chi connectivity index (χ0n) is 19.7. The van der Waals surface area contributed by atoms with E-state index < -0.39 is 30.0 Å². The van der Waals surface area contributed by atoms with Crippen LogP contribution in [0.15, 0.2) is 35.3 Å². The number of guanidine groups is 1. The first-order chi connectivity index (χ1) is 16.2. The lowest BCUT2D eigenvalue weighted by molar-refractivity contribution is -0.146. The Balaban J connectivity index is 2.09. The molecule has 0 aliphatic carbocycles. The molecule has 1 heterocycles. The number of rotatable bonds is 11. The number of carbonyl (C=O) groups excluding carboxylic acids is 4. The average molecular weight is 487 g/mol. The molecular formula is C23H34N6O5. The van der Waals surface area contributed by atoms with Crippen LogP contribution in [-0.4, -0.2) is 72.9 Å². The van der Waals surface area contributed by atoms with Gasteiger partial charge in [0.05, 0.1) is 13.5 Å². The molecule has 1 fully saturated rings. The van der Waals surface area contributed by atoms with E-state index in [0.29, 0.717) is 38.8 Å². The van der Waals surface area contributed by atoms with Gasteiger partial charge in [0.2, 0.25) is 17.7 Å². The molecule has 0 saturated carbocycles. The Morgan fingerprint density at radius 3 is 2.68 bits per heavy atom. The van der Waals surface area contributed by atoms with Crippen LogP contribution in [0.2, 0.25) is 0 Å². The maximum atomic E-state index is 13.4. The zero-order valence-corrected chi connectivity index (χ0v) is 19.7. The quantitative estimate of drug-likeness (QED) is 0.141. The van der Waals surface area contributed by atoms with Gasteiger partial charge in [-0.2, -0.15) is 0 Å². The molecule has 34 heavy (non-hydrogen) atoms. The summed E-state index contributed by atoms with van der Waals surface area (Å²) in [5, 5.41) is 5.41. The summed E-state index contributed by atoms with van der Waals surface area (Å²) < 4.78 is 4.64. The number of amides is 3. The molecule has 0 bridgehead atoms. The highest BCUT2D eigenvalue weighted by molar-refractivity contribution is 5.94. The molecule has 0 radical (unpaired) electrons. The van der Waals surface area contributed by atoms with E-state index in [1.54, 1.807) is 0 Å². The van der Waals surface area contributed by atoms with Gasteiger partial charge in [0, 0.05) is 13.1 Å². The molecular weight excluding hydrogens is 452 g/mol. The van der Waals surface area contributed by atoms with E-state index >= 15 is 0 Å². The number of hydrogen-bond acceptors (Lipinski definition) is 6. The molecule has 1 aliphatic heterocycles. The van der Waals surface area contributed by atoms with Gasteiger partial charge >= 0.3 is 5.97 Å². The summed E-state index contributed by atoms with van der Waals surface area (Å²) in [6.07, 6.45) is 1.99. The molecule has 11 nitrogen and oxygen atoms in total. The predicted octanol–water partition coefficient (Wildman–Crippen LogP) is -0.564. The fourth-order valence-corrected chi connectivity index (χ4v) is 3.84. The molecule has 1 aliphatic rings. The third kappa shape index (κ3) is 8.05. The minimum Gasteiger partial charge on any atom is -0.467 e. The Bertz CT molecular complexity index is 887. The van der Waals surface area contributed by atoms with Gasteiger partial charge in [-0.05, 0) is 38.2 Å². The van der Waals surface area contributed by atoms with Crippen LogP contribution in [0.1, 0.15) is 38.2 Å². The third-order valence-corrected chi connectivity index (χ3v) is 5.54. The molecule has 2 rings (SSSR count). The number of nitrogens with zero attached hydrogens (tertiary/aromatic N) is 2. The lowest BCUT2D eigenvalue weighted by Gasteiger charge is -2.29. The Labute approximate surface area is 199 Å². The first-order valence-electron chi connectivity index (χ1n) is 11.3. The van der Waals surface area contributed by atoms with E-state index in [4.69, 9.17) is 11.5 Å². The molecule has 186 valence electrons. The van der Waals surface area contributed by atoms with Gasteiger partial charge < -0.3 is 31.7 Å². The standard InChI is InChI=1S/C23H34N6O5/c1-15(22(33)34-2)27-20(31)18-11-7-13-29(18)21(32)17(10-6-12-26-23(24)25)28-19(30)14-16-8-4-3-5-9-16/h3-5,8-9,15,17-18H,6-7,10-14H2,1-2H3,(H,27,31)(H,28,30)(H4,24,25,26)/t15-,17+,18+/m1/s1/i6+2,10+2,12+2,17+2,21+2,23+2. The third-order valence-electron chi connectivity index (χ3n) is 5.54. The number of carbonyl (C=O) groups is 4. The van der Waals surface area contributed by atoms with Crippen LogP contribution < -0.4 is 22.1 Å². The predicted molar refractivity (Wildman–Crippen MR) is 126 cm³/mol. The number of nitrogens with two attached hydrogens (primary N) is 2. The summed E-state index contributed by atoms with van der Waals surface area (Å²) in [5.74, 6) is -1.71. The molecule has 0 aromatic heterocycles. The molecule has 1 aromatic rings. The van der Waals surface area contributed by atoms with Gasteiger partial charge in [0.15, 0.2) is 5.96 Å². The maximum Gasteiger partial charge on any atom is 0.328 e. The molecule has 1 aromatic carbocycles. The minimum atomic E-state index is -0.837. The highest BCUT2D eigenvalue weighted by Gasteiger charge is 2.38. The summed E-state index contributed by atoms with van der Waals surface area (Å²) in [6.45, 7) is 2.20. The second kappa shape index (κ2) is 13.2. The Kier molecular flexibility index (Phi) is 10.3. The van der Waals surface area contributed by atoms with Crippen molar-refractivity contribution in [1.82, 2.24) is 15.5 Å². The number of aliphatic imine (C=N–C) groups is 1. The smallest absolute Gasteiger partial charge is 0.328 e. The van der Waals surface area contributed by atoms with Crippen molar-refractivity contribution in [3.8, 4) is 0 Å². The fraction of sp³-hybridized carbons (Fsp3) is 0.522. The van der Waals surface area contributed by atoms with E-state index in [9.17, 15) is 19.2 Å². The second-order valence-electron chi connectivity index (χ2n) is 8.17. The van der Waals surface area contributed by atoms with Gasteiger partial charge in [-0.15, -0.1) is 0 Å². The molecule has 6 N–H and O–H groups in total. The van der Waals surface area contributed by atoms with Crippen LogP contribution in [0, 0.1) is 0 Å². The van der Waals surface area contributed by atoms with Crippen LogP contribution in [-0.2, 0) is 30.3 Å². The molecule has 3 amide bonds. The lowest BCUT2D eigenvalue weighted by Crippen LogP contribution is -2.55. The van der Waals surface area contributed by atoms with E-state index in [-0.39, 0.29) is 24.2 Å². The van der Waals surface area contributed by atoms with E-state index in [2.05, 4.69) is 20.4 Å². The number of benzene rings is 1. The monoisotopic (exact) mass is 486 g/mol. The summed E-state index contributed by atoms with van der Waals surface area (Å²) in [7, 11) is 1.24. The van der Waals surface area contributed by atoms with Crippen LogP contribution in [0.3, 0.4) is 0 Å². The lowest BCUT2D eigenvalue weighted by atomic mass is 10.1. The number of hydrogen-bond donors (Lipinski definition) is 4. The van der Waals surface area contributed by atoms with Crippen molar-refractivity contribution in [3.63, 3.8) is 0 Å². The summed E-state index contributed by atoms with van der Waals surface area (Å²) in [4.78, 5) is 55.9. The second-order valence-corrected chi connectivity index (χ2v) is 8.17. The van der Waals surface area contributed by atoms with Crippen molar-refractivity contribution in [2.24, 2.45) is 16.5 Å². The van der Waals surface area contributed by atoms with Crippen molar-refractivity contribution in [3.05, 3.63) is 35.9 Å². The summed E-state index contributed by atoms with van der Waals surface area (Å²) in [5.41, 5.74) is 11.5. The van der Waals surface area contributed by atoms with E-state index in [0.717, 1.165) is 5.56 Å². The van der Waals surface area contributed by atoms with E-state index in [1.807, 2.05) is 30.3 Å². The summed E-state index contributed by atoms with van der Waals surface area (Å²) in [6, 6.07) is 6.79. The van der Waals surface area contributed by atoms with Crippen molar-refractivity contribution < 1.29 is 23.9 Å². The molecule has 3 atom stereocenters. The van der Waals surface area contributed by atoms with Crippen molar-refractivity contribution in [2.75, 3.05) is 20.2 Å². The van der Waals surface area contributed by atoms with Crippen molar-refractivity contribution >= 4 is 29.7 Å². The highest BCUT2D eigenvalue weighted by atomic mass is 16.5. The van der Waals surface area contributed by atoms with Crippen LogP contribution in [0.5, 0.6) is 0 Å². The molecule has 11 heteroatoms. The van der Waals surface area contributed by atoms with Crippen LogP contribution in [0.4, 0.5) is 0 Å². The molecule has 0 unspecified atom stereocenters. The van der Waals surface area contributed by atoms with E-state index in [1.165, 1.54) is 18.9 Å². The number of esters is 1. The SMILES string of the molecule is COC(=O)[C@@H](C)NC(=O)[C@@H]1CCCN1[14C](=O)[14C@H]([14CH2][14CH2][14CH2]N=[14C](N)N)NC(=O)Cc1ccccc1. The maximum absolute atomic E-state index is 13.4. The average Bonchev–Trinajstić information content (AvgIpc) is 3.30. The van der Waals surface area contributed by atoms with Crippen molar-refractivity contribution in [1.29, 1.82) is 0 Å². The topological polar surface area (TPSA) is 169 Å². The number of likely N-dealkylation sites (tertiary alicyclic amines) is 1. The summed E-state index contributed by atoms with van der Waals surface area (Å²) >= 11 is 0. The number of methoxy groups -OCH3 is 1. The van der Waals surface area contributed by atoms with Gasteiger partial charge in [-0.3, -0.25) is 19.4 Å². The van der Waals surface area contributed by atoms with Crippen molar-refractivity contribution in [2.45, 2.75) is 57.2 Å².